The molecule has 0 fully saturated rings. The largest absolute Gasteiger partial charge is 0.497 e. The molecule has 0 aliphatic carbocycles. The van der Waals surface area contributed by atoms with Gasteiger partial charge in [-0.3, -0.25) is 14.9 Å². The number of non-ortho nitro benzene ring substituents is 1. The summed E-state index contributed by atoms with van der Waals surface area (Å²) in [5.41, 5.74) is 1.54. The highest BCUT2D eigenvalue weighted by atomic mass is 16.6. The number of nitro groups is 1. The summed E-state index contributed by atoms with van der Waals surface area (Å²) in [6.45, 7) is 0. The monoisotopic (exact) mass is 324 g/mol. The number of nitro benzene ring substituents is 1. The predicted octanol–water partition coefficient (Wildman–Crippen LogP) is 2.38. The molecular formula is C16H12N4O4. The van der Waals surface area contributed by atoms with Crippen LogP contribution in [0, 0.1) is 10.1 Å². The van der Waals surface area contributed by atoms with Gasteiger partial charge in [-0.15, -0.1) is 5.10 Å². The first-order chi connectivity index (χ1) is 11.6. The first kappa shape index (κ1) is 15.3. The van der Waals surface area contributed by atoms with Crippen molar-refractivity contribution in [1.82, 2.24) is 0 Å². The summed E-state index contributed by atoms with van der Waals surface area (Å²) >= 11 is 0. The number of nitrogens with one attached hydrogen (secondary N) is 1. The smallest absolute Gasteiger partial charge is 0.276 e. The Balaban J connectivity index is 1.87. The van der Waals surface area contributed by atoms with Crippen LogP contribution < -0.4 is 10.1 Å². The van der Waals surface area contributed by atoms with Gasteiger partial charge in [0, 0.05) is 17.7 Å². The number of carbonyl (C=O) groups excluding carboxylic acids is 1. The lowest BCUT2D eigenvalue weighted by Gasteiger charge is -1.98. The van der Waals surface area contributed by atoms with Crippen LogP contribution in [0.1, 0.15) is 11.1 Å². The molecule has 0 saturated heterocycles. The van der Waals surface area contributed by atoms with E-state index in [-0.39, 0.29) is 11.4 Å². The molecule has 0 aromatic heterocycles. The minimum Gasteiger partial charge on any atom is -0.497 e. The molecule has 1 N–H and O–H groups in total. The molecule has 1 aliphatic heterocycles. The number of rotatable bonds is 4. The van der Waals surface area contributed by atoms with Gasteiger partial charge in [0.1, 0.15) is 5.75 Å². The lowest BCUT2D eigenvalue weighted by molar-refractivity contribution is -0.384. The number of fused-ring (bicyclic) bond motifs is 1. The average Bonchev–Trinajstić information content (AvgIpc) is 2.90. The summed E-state index contributed by atoms with van der Waals surface area (Å²) in [6.07, 6.45) is 1.48. The summed E-state index contributed by atoms with van der Waals surface area (Å²) in [5.74, 6) is 0.271. The van der Waals surface area contributed by atoms with E-state index in [1.807, 2.05) is 0 Å². The summed E-state index contributed by atoms with van der Waals surface area (Å²) in [6, 6.07) is 11.2. The van der Waals surface area contributed by atoms with Crippen LogP contribution in [-0.4, -0.2) is 29.9 Å². The van der Waals surface area contributed by atoms with Crippen LogP contribution in [-0.2, 0) is 4.79 Å². The Bertz CT molecular complexity index is 872. The Labute approximate surface area is 136 Å². The van der Waals surface area contributed by atoms with Gasteiger partial charge in [-0.25, -0.2) is 0 Å². The third-order valence-electron chi connectivity index (χ3n) is 3.41. The molecule has 3 rings (SSSR count). The maximum absolute atomic E-state index is 11.9. The second-order valence-corrected chi connectivity index (χ2v) is 4.91. The molecule has 0 unspecified atom stereocenters. The van der Waals surface area contributed by atoms with Crippen molar-refractivity contribution in [3.8, 4) is 5.75 Å². The lowest BCUT2D eigenvalue weighted by Crippen LogP contribution is -2.13. The molecule has 8 heteroatoms. The molecule has 1 aliphatic rings. The Morgan fingerprint density at radius 1 is 1.21 bits per heavy atom. The number of hydrogen-bond donors (Lipinski definition) is 1. The molecular weight excluding hydrogens is 312 g/mol. The second kappa shape index (κ2) is 6.29. The number of benzene rings is 2. The molecule has 0 atom stereocenters. The van der Waals surface area contributed by atoms with Crippen molar-refractivity contribution in [2.24, 2.45) is 10.2 Å². The number of amides is 1. The highest BCUT2D eigenvalue weighted by Gasteiger charge is 2.28. The van der Waals surface area contributed by atoms with Crippen molar-refractivity contribution in [2.45, 2.75) is 0 Å². The topological polar surface area (TPSA) is 106 Å². The van der Waals surface area contributed by atoms with E-state index in [0.717, 1.165) is 11.3 Å². The number of ether oxygens (including phenoxy) is 1. The second-order valence-electron chi connectivity index (χ2n) is 4.91. The Kier molecular flexibility index (Phi) is 4.02. The van der Waals surface area contributed by atoms with E-state index in [9.17, 15) is 14.9 Å². The maximum atomic E-state index is 11.9. The first-order valence-corrected chi connectivity index (χ1v) is 6.94. The van der Waals surface area contributed by atoms with Gasteiger partial charge in [0.25, 0.3) is 11.6 Å². The number of hydrogen-bond acceptors (Lipinski definition) is 6. The van der Waals surface area contributed by atoms with Crippen molar-refractivity contribution in [1.29, 1.82) is 0 Å². The van der Waals surface area contributed by atoms with E-state index < -0.39 is 10.8 Å². The average molecular weight is 324 g/mol. The molecule has 0 radical (unpaired) electrons. The first-order valence-electron chi connectivity index (χ1n) is 6.94. The number of nitrogens with zero attached hydrogens (tertiary/aromatic N) is 3. The lowest BCUT2D eigenvalue weighted by atomic mass is 10.1. The zero-order chi connectivity index (χ0) is 17.1. The summed E-state index contributed by atoms with van der Waals surface area (Å²) in [7, 11) is 1.57. The molecule has 120 valence electrons. The zero-order valence-electron chi connectivity index (χ0n) is 12.6. The zero-order valence-corrected chi connectivity index (χ0v) is 12.6. The minimum atomic E-state index is -0.526. The maximum Gasteiger partial charge on any atom is 0.276 e. The summed E-state index contributed by atoms with van der Waals surface area (Å²) < 4.78 is 5.06. The van der Waals surface area contributed by atoms with Crippen molar-refractivity contribution in [2.75, 3.05) is 12.4 Å². The molecule has 0 spiro atoms. The van der Waals surface area contributed by atoms with Crippen molar-refractivity contribution in [3.05, 3.63) is 63.7 Å². The SMILES string of the molecule is COc1ccc(C=NN=C2C(=O)Nc3ccc([N+](=O)[O-])cc32)cc1. The van der Waals surface area contributed by atoms with E-state index >= 15 is 0 Å². The third kappa shape index (κ3) is 2.98. The molecule has 1 heterocycles. The molecule has 8 nitrogen and oxygen atoms in total. The van der Waals surface area contributed by atoms with Crippen LogP contribution in [0.25, 0.3) is 0 Å². The highest BCUT2D eigenvalue weighted by Crippen LogP contribution is 2.27. The van der Waals surface area contributed by atoms with Crippen LogP contribution in [0.5, 0.6) is 5.75 Å². The van der Waals surface area contributed by atoms with Crippen LogP contribution in [0.4, 0.5) is 11.4 Å². The van der Waals surface area contributed by atoms with Crippen molar-refractivity contribution in [3.63, 3.8) is 0 Å². The Morgan fingerprint density at radius 3 is 2.62 bits per heavy atom. The van der Waals surface area contributed by atoms with E-state index in [2.05, 4.69) is 15.5 Å². The number of carbonyl (C=O) groups is 1. The van der Waals surface area contributed by atoms with Gasteiger partial charge < -0.3 is 10.1 Å². The summed E-state index contributed by atoms with van der Waals surface area (Å²) in [4.78, 5) is 22.3. The highest BCUT2D eigenvalue weighted by molar-refractivity contribution is 6.53. The Hall–Kier alpha value is -3.55. The van der Waals surface area contributed by atoms with Gasteiger partial charge in [0.2, 0.25) is 0 Å². The molecule has 0 saturated carbocycles. The fourth-order valence-electron chi connectivity index (χ4n) is 2.20. The van der Waals surface area contributed by atoms with E-state index in [1.54, 1.807) is 31.4 Å². The van der Waals surface area contributed by atoms with Crippen molar-refractivity contribution < 1.29 is 14.5 Å². The van der Waals surface area contributed by atoms with Crippen LogP contribution in [0.2, 0.25) is 0 Å². The molecule has 24 heavy (non-hydrogen) atoms. The van der Waals surface area contributed by atoms with Crippen LogP contribution in [0.3, 0.4) is 0 Å². The Morgan fingerprint density at radius 2 is 1.96 bits per heavy atom. The summed E-state index contributed by atoms with van der Waals surface area (Å²) in [5, 5.41) is 21.3. The van der Waals surface area contributed by atoms with Gasteiger partial charge in [0.05, 0.1) is 23.9 Å². The fourth-order valence-corrected chi connectivity index (χ4v) is 2.20. The van der Waals surface area contributed by atoms with E-state index in [0.29, 0.717) is 11.3 Å². The van der Waals surface area contributed by atoms with Gasteiger partial charge in [-0.05, 0) is 35.9 Å². The van der Waals surface area contributed by atoms with Gasteiger partial charge >= 0.3 is 0 Å². The number of methoxy groups -OCH3 is 1. The number of anilines is 1. The quantitative estimate of drug-likeness (QED) is 0.529. The predicted molar refractivity (Wildman–Crippen MR) is 88.9 cm³/mol. The van der Waals surface area contributed by atoms with Crippen LogP contribution in [0.15, 0.2) is 52.7 Å². The molecule has 2 aromatic rings. The third-order valence-corrected chi connectivity index (χ3v) is 3.41. The van der Waals surface area contributed by atoms with Gasteiger partial charge in [-0.1, -0.05) is 0 Å². The molecule has 1 amide bonds. The fraction of sp³-hybridized carbons (Fsp3) is 0.0625. The van der Waals surface area contributed by atoms with Gasteiger partial charge in [-0.2, -0.15) is 5.10 Å². The van der Waals surface area contributed by atoms with E-state index in [1.165, 1.54) is 24.4 Å². The van der Waals surface area contributed by atoms with E-state index in [4.69, 9.17) is 4.74 Å². The van der Waals surface area contributed by atoms with Crippen molar-refractivity contribution >= 4 is 29.2 Å². The molecule has 0 bridgehead atoms. The van der Waals surface area contributed by atoms with Gasteiger partial charge in [0.15, 0.2) is 5.71 Å². The standard InChI is InChI=1S/C16H12N4O4/c1-24-12-5-2-10(3-6-12)9-17-19-15-13-8-11(20(22)23)4-7-14(13)18-16(15)21/h2-9H,1H3,(H,18,19,21). The molecule has 2 aromatic carbocycles. The normalized spacial score (nSPS) is 14.7. The minimum absolute atomic E-state index is 0.0402. The van der Waals surface area contributed by atoms with Crippen LogP contribution >= 0.6 is 0 Å².